The minimum Gasteiger partial charge on any atom is -0.299 e. The van der Waals surface area contributed by atoms with Gasteiger partial charge in [-0.2, -0.15) is 0 Å². The molecule has 3 heteroatoms. The number of Topliss-reactive ketones (excluding diaryl/α,β-unsaturated/α-hetero) is 2. The summed E-state index contributed by atoms with van der Waals surface area (Å²) in [4.78, 5) is 24.1. The number of halogens is 1. The van der Waals surface area contributed by atoms with Crippen molar-refractivity contribution in [3.05, 3.63) is 0 Å². The van der Waals surface area contributed by atoms with Gasteiger partial charge in [0.25, 0.3) is 0 Å². The van der Waals surface area contributed by atoms with Crippen LogP contribution < -0.4 is 0 Å². The lowest BCUT2D eigenvalue weighted by Crippen LogP contribution is -2.39. The second kappa shape index (κ2) is 5.94. The molecule has 0 amide bonds. The molecular formula is C15H25FO2. The standard InChI is InChI=1S/C15H25FO2/c1-4-14(3,5-2)12(17)11-13(18)15(16)9-7-6-8-10-15/h4-11H2,1-3H3. The predicted octanol–water partition coefficient (Wildman–Crippen LogP) is 4.01. The SMILES string of the molecule is CCC(C)(CC)C(=O)CC(=O)C1(F)CCCCC1. The lowest BCUT2D eigenvalue weighted by atomic mass is 9.75. The van der Waals surface area contributed by atoms with E-state index in [0.29, 0.717) is 25.7 Å². The van der Waals surface area contributed by atoms with Gasteiger partial charge in [-0.15, -0.1) is 0 Å². The van der Waals surface area contributed by atoms with Crippen LogP contribution in [0.5, 0.6) is 0 Å². The van der Waals surface area contributed by atoms with Crippen LogP contribution in [0.1, 0.15) is 72.1 Å². The van der Waals surface area contributed by atoms with Gasteiger partial charge in [0.05, 0.1) is 6.42 Å². The molecule has 18 heavy (non-hydrogen) atoms. The van der Waals surface area contributed by atoms with Gasteiger partial charge in [0.1, 0.15) is 5.78 Å². The zero-order valence-corrected chi connectivity index (χ0v) is 11.9. The molecule has 2 nitrogen and oxygen atoms in total. The molecule has 104 valence electrons. The number of carbonyl (C=O) groups excluding carboxylic acids is 2. The number of hydrogen-bond acceptors (Lipinski definition) is 2. The van der Waals surface area contributed by atoms with E-state index >= 15 is 0 Å². The highest BCUT2D eigenvalue weighted by molar-refractivity contribution is 6.05. The molecule has 0 aromatic heterocycles. The zero-order valence-electron chi connectivity index (χ0n) is 11.9. The molecular weight excluding hydrogens is 231 g/mol. The maximum absolute atomic E-state index is 14.4. The Morgan fingerprint density at radius 2 is 1.61 bits per heavy atom. The summed E-state index contributed by atoms with van der Waals surface area (Å²) in [6.07, 6.45) is 4.29. The van der Waals surface area contributed by atoms with Crippen molar-refractivity contribution in [2.24, 2.45) is 5.41 Å². The third kappa shape index (κ3) is 3.18. The van der Waals surface area contributed by atoms with E-state index in [1.54, 1.807) is 0 Å². The summed E-state index contributed by atoms with van der Waals surface area (Å²) in [6.45, 7) is 5.75. The monoisotopic (exact) mass is 256 g/mol. The minimum absolute atomic E-state index is 0.0971. The summed E-state index contributed by atoms with van der Waals surface area (Å²) in [6, 6.07) is 0. The summed E-state index contributed by atoms with van der Waals surface area (Å²) in [5.74, 6) is -0.583. The highest BCUT2D eigenvalue weighted by atomic mass is 19.1. The fraction of sp³-hybridized carbons (Fsp3) is 0.867. The molecule has 0 radical (unpaired) electrons. The third-order valence-electron chi connectivity index (χ3n) is 4.70. The van der Waals surface area contributed by atoms with E-state index in [2.05, 4.69) is 0 Å². The van der Waals surface area contributed by atoms with Crippen LogP contribution in [0.3, 0.4) is 0 Å². The molecule has 0 aromatic carbocycles. The molecule has 0 aromatic rings. The fourth-order valence-corrected chi connectivity index (χ4v) is 2.55. The van der Waals surface area contributed by atoms with Crippen LogP contribution >= 0.6 is 0 Å². The molecule has 1 aliphatic carbocycles. The Bertz CT molecular complexity index is 312. The average Bonchev–Trinajstić information content (AvgIpc) is 2.38. The molecule has 0 N–H and O–H groups in total. The van der Waals surface area contributed by atoms with Crippen LogP contribution in [0.4, 0.5) is 4.39 Å². The Morgan fingerprint density at radius 3 is 2.06 bits per heavy atom. The number of rotatable bonds is 6. The largest absolute Gasteiger partial charge is 0.299 e. The molecule has 0 unspecified atom stereocenters. The van der Waals surface area contributed by atoms with Gasteiger partial charge in [0.15, 0.2) is 11.5 Å². The number of hydrogen-bond donors (Lipinski definition) is 0. The first kappa shape index (κ1) is 15.3. The van der Waals surface area contributed by atoms with Crippen LogP contribution in [-0.2, 0) is 9.59 Å². The van der Waals surface area contributed by atoms with Gasteiger partial charge in [-0.1, -0.05) is 27.2 Å². The van der Waals surface area contributed by atoms with Crippen molar-refractivity contribution in [2.45, 2.75) is 77.8 Å². The summed E-state index contributed by atoms with van der Waals surface area (Å²) in [5.41, 5.74) is -2.20. The summed E-state index contributed by atoms with van der Waals surface area (Å²) in [7, 11) is 0. The Morgan fingerprint density at radius 1 is 1.11 bits per heavy atom. The van der Waals surface area contributed by atoms with Gasteiger partial charge in [0.2, 0.25) is 0 Å². The molecule has 0 spiro atoms. The summed E-state index contributed by atoms with van der Waals surface area (Å²) in [5, 5.41) is 0. The minimum atomic E-state index is -1.73. The van der Waals surface area contributed by atoms with Gasteiger partial charge in [-0.3, -0.25) is 9.59 Å². The van der Waals surface area contributed by atoms with Crippen molar-refractivity contribution in [1.82, 2.24) is 0 Å². The van der Waals surface area contributed by atoms with Crippen LogP contribution in [0.25, 0.3) is 0 Å². The summed E-state index contributed by atoms with van der Waals surface area (Å²) < 4.78 is 14.4. The van der Waals surface area contributed by atoms with Crippen LogP contribution in [0, 0.1) is 5.41 Å². The maximum Gasteiger partial charge on any atom is 0.177 e. The maximum atomic E-state index is 14.4. The van der Waals surface area contributed by atoms with Crippen molar-refractivity contribution >= 4 is 11.6 Å². The van der Waals surface area contributed by atoms with Crippen molar-refractivity contribution in [2.75, 3.05) is 0 Å². The number of alkyl halides is 1. The Kier molecular flexibility index (Phi) is 5.06. The van der Waals surface area contributed by atoms with E-state index in [0.717, 1.165) is 19.3 Å². The zero-order chi connectivity index (χ0) is 13.8. The molecule has 1 aliphatic rings. The van der Waals surface area contributed by atoms with Crippen molar-refractivity contribution in [1.29, 1.82) is 0 Å². The smallest absolute Gasteiger partial charge is 0.177 e. The highest BCUT2D eigenvalue weighted by Crippen LogP contribution is 2.35. The first-order valence-corrected chi connectivity index (χ1v) is 7.13. The molecule has 0 atom stereocenters. The van der Waals surface area contributed by atoms with E-state index < -0.39 is 16.9 Å². The Balaban J connectivity index is 2.66. The van der Waals surface area contributed by atoms with Crippen molar-refractivity contribution in [3.8, 4) is 0 Å². The van der Waals surface area contributed by atoms with E-state index in [9.17, 15) is 14.0 Å². The first-order valence-electron chi connectivity index (χ1n) is 7.13. The normalized spacial score (nSPS) is 19.6. The fourth-order valence-electron chi connectivity index (χ4n) is 2.55. The molecule has 1 saturated carbocycles. The number of carbonyl (C=O) groups is 2. The Labute approximate surface area is 109 Å². The van der Waals surface area contributed by atoms with Crippen molar-refractivity contribution < 1.29 is 14.0 Å². The first-order chi connectivity index (χ1) is 8.38. The molecule has 0 aliphatic heterocycles. The topological polar surface area (TPSA) is 34.1 Å². The summed E-state index contributed by atoms with van der Waals surface area (Å²) >= 11 is 0. The average molecular weight is 256 g/mol. The molecule has 1 fully saturated rings. The second-order valence-corrected chi connectivity index (χ2v) is 5.82. The van der Waals surface area contributed by atoms with E-state index in [-0.39, 0.29) is 12.2 Å². The van der Waals surface area contributed by atoms with E-state index in [4.69, 9.17) is 0 Å². The molecule has 0 saturated heterocycles. The molecule has 0 heterocycles. The quantitative estimate of drug-likeness (QED) is 0.673. The molecule has 0 bridgehead atoms. The van der Waals surface area contributed by atoms with Gasteiger partial charge in [-0.05, 0) is 38.5 Å². The third-order valence-corrected chi connectivity index (χ3v) is 4.70. The van der Waals surface area contributed by atoms with Gasteiger partial charge >= 0.3 is 0 Å². The van der Waals surface area contributed by atoms with Gasteiger partial charge in [-0.25, -0.2) is 4.39 Å². The Hall–Kier alpha value is -0.730. The lowest BCUT2D eigenvalue weighted by Gasteiger charge is -2.30. The highest BCUT2D eigenvalue weighted by Gasteiger charge is 2.42. The van der Waals surface area contributed by atoms with Crippen LogP contribution in [0.2, 0.25) is 0 Å². The second-order valence-electron chi connectivity index (χ2n) is 5.82. The number of ketones is 2. The predicted molar refractivity (Wildman–Crippen MR) is 70.2 cm³/mol. The van der Waals surface area contributed by atoms with E-state index in [1.165, 1.54) is 0 Å². The lowest BCUT2D eigenvalue weighted by molar-refractivity contribution is -0.140. The van der Waals surface area contributed by atoms with Gasteiger partial charge < -0.3 is 0 Å². The van der Waals surface area contributed by atoms with Crippen LogP contribution in [0.15, 0.2) is 0 Å². The van der Waals surface area contributed by atoms with E-state index in [1.807, 2.05) is 20.8 Å². The van der Waals surface area contributed by atoms with Crippen LogP contribution in [-0.4, -0.2) is 17.2 Å². The van der Waals surface area contributed by atoms with Gasteiger partial charge in [0, 0.05) is 5.41 Å². The molecule has 1 rings (SSSR count). The van der Waals surface area contributed by atoms with Crippen molar-refractivity contribution in [3.63, 3.8) is 0 Å².